The van der Waals surface area contributed by atoms with Gasteiger partial charge < -0.3 is 5.32 Å². The lowest BCUT2D eigenvalue weighted by atomic mass is 10.1. The van der Waals surface area contributed by atoms with Crippen LogP contribution in [-0.2, 0) is 0 Å². The summed E-state index contributed by atoms with van der Waals surface area (Å²) in [4.78, 5) is 3.98. The first kappa shape index (κ1) is 11.9. The van der Waals surface area contributed by atoms with Crippen LogP contribution in [0.2, 0.25) is 5.15 Å². The Morgan fingerprint density at radius 1 is 1.24 bits per heavy atom. The van der Waals surface area contributed by atoms with Gasteiger partial charge in [0.05, 0.1) is 5.69 Å². The molecule has 1 aromatic heterocycles. The van der Waals surface area contributed by atoms with Crippen LogP contribution in [0.15, 0.2) is 42.6 Å². The predicted octanol–water partition coefficient (Wildman–Crippen LogP) is 4.05. The highest BCUT2D eigenvalue weighted by Crippen LogP contribution is 2.23. The molecule has 1 atom stereocenters. The van der Waals surface area contributed by atoms with Gasteiger partial charge in [0.25, 0.3) is 0 Å². The van der Waals surface area contributed by atoms with Crippen LogP contribution in [0.4, 0.5) is 10.1 Å². The normalized spacial score (nSPS) is 12.2. The molecule has 0 amide bonds. The SMILES string of the molecule is CC(Nc1cccnc1Cl)c1ccc(F)cc1. The number of benzene rings is 1. The van der Waals surface area contributed by atoms with Crippen molar-refractivity contribution >= 4 is 17.3 Å². The molecule has 2 rings (SSSR count). The summed E-state index contributed by atoms with van der Waals surface area (Å²) in [6, 6.07) is 10.1. The maximum absolute atomic E-state index is 12.8. The van der Waals surface area contributed by atoms with E-state index in [1.807, 2.05) is 19.1 Å². The first-order chi connectivity index (χ1) is 8.16. The molecule has 1 aromatic carbocycles. The standard InChI is InChI=1S/C13H12ClFN2/c1-9(10-4-6-11(15)7-5-10)17-12-3-2-8-16-13(12)14/h2-9,17H,1H3. The molecule has 4 heteroatoms. The van der Waals surface area contributed by atoms with E-state index in [1.54, 1.807) is 18.3 Å². The minimum atomic E-state index is -0.236. The van der Waals surface area contributed by atoms with Gasteiger partial charge in [0.2, 0.25) is 0 Å². The summed E-state index contributed by atoms with van der Waals surface area (Å²) in [6.07, 6.45) is 1.63. The largest absolute Gasteiger partial charge is 0.376 e. The van der Waals surface area contributed by atoms with E-state index in [0.717, 1.165) is 11.3 Å². The van der Waals surface area contributed by atoms with Crippen molar-refractivity contribution < 1.29 is 4.39 Å². The van der Waals surface area contributed by atoms with Gasteiger partial charge in [-0.3, -0.25) is 0 Å². The predicted molar refractivity (Wildman–Crippen MR) is 67.7 cm³/mol. The van der Waals surface area contributed by atoms with Crippen molar-refractivity contribution in [1.82, 2.24) is 4.98 Å². The molecule has 0 aliphatic rings. The van der Waals surface area contributed by atoms with Crippen LogP contribution < -0.4 is 5.32 Å². The van der Waals surface area contributed by atoms with Gasteiger partial charge in [0.15, 0.2) is 5.15 Å². The van der Waals surface area contributed by atoms with Crippen LogP contribution in [0.5, 0.6) is 0 Å². The number of aromatic nitrogens is 1. The van der Waals surface area contributed by atoms with Crippen LogP contribution in [0, 0.1) is 5.82 Å². The fourth-order valence-electron chi connectivity index (χ4n) is 1.56. The molecule has 0 saturated carbocycles. The van der Waals surface area contributed by atoms with Crippen LogP contribution in [0.3, 0.4) is 0 Å². The zero-order valence-electron chi connectivity index (χ0n) is 9.32. The summed E-state index contributed by atoms with van der Waals surface area (Å²) >= 11 is 5.95. The van der Waals surface area contributed by atoms with Crippen LogP contribution in [-0.4, -0.2) is 4.98 Å². The summed E-state index contributed by atoms with van der Waals surface area (Å²) in [5, 5.41) is 3.66. The van der Waals surface area contributed by atoms with Crippen molar-refractivity contribution in [1.29, 1.82) is 0 Å². The Labute approximate surface area is 104 Å². The molecular formula is C13H12ClFN2. The monoisotopic (exact) mass is 250 g/mol. The number of nitrogens with zero attached hydrogens (tertiary/aromatic N) is 1. The second kappa shape index (κ2) is 5.15. The maximum Gasteiger partial charge on any atom is 0.152 e. The molecule has 0 aliphatic carbocycles. The van der Waals surface area contributed by atoms with E-state index in [9.17, 15) is 4.39 Å². The van der Waals surface area contributed by atoms with Gasteiger partial charge in [-0.05, 0) is 36.8 Å². The number of pyridine rings is 1. The third-order valence-electron chi connectivity index (χ3n) is 2.50. The van der Waals surface area contributed by atoms with Crippen molar-refractivity contribution in [2.45, 2.75) is 13.0 Å². The minimum Gasteiger partial charge on any atom is -0.376 e. The fourth-order valence-corrected chi connectivity index (χ4v) is 1.74. The zero-order chi connectivity index (χ0) is 12.3. The molecule has 1 unspecified atom stereocenters. The third kappa shape index (κ3) is 2.94. The van der Waals surface area contributed by atoms with E-state index in [2.05, 4.69) is 10.3 Å². The van der Waals surface area contributed by atoms with Gasteiger partial charge in [-0.25, -0.2) is 9.37 Å². The highest BCUT2D eigenvalue weighted by atomic mass is 35.5. The van der Waals surface area contributed by atoms with Gasteiger partial charge in [0, 0.05) is 12.2 Å². The fraction of sp³-hybridized carbons (Fsp3) is 0.154. The first-order valence-corrected chi connectivity index (χ1v) is 5.67. The summed E-state index contributed by atoms with van der Waals surface area (Å²) in [7, 11) is 0. The van der Waals surface area contributed by atoms with E-state index in [4.69, 9.17) is 11.6 Å². The number of hydrogen-bond donors (Lipinski definition) is 1. The van der Waals surface area contributed by atoms with E-state index < -0.39 is 0 Å². The molecule has 17 heavy (non-hydrogen) atoms. The van der Waals surface area contributed by atoms with Gasteiger partial charge in [-0.2, -0.15) is 0 Å². The molecule has 88 valence electrons. The summed E-state index contributed by atoms with van der Waals surface area (Å²) in [5.41, 5.74) is 1.76. The van der Waals surface area contributed by atoms with Crippen molar-refractivity contribution in [3.8, 4) is 0 Å². The van der Waals surface area contributed by atoms with E-state index in [0.29, 0.717) is 5.15 Å². The van der Waals surface area contributed by atoms with Crippen LogP contribution in [0.1, 0.15) is 18.5 Å². The molecular weight excluding hydrogens is 239 g/mol. The van der Waals surface area contributed by atoms with Crippen molar-refractivity contribution in [3.05, 3.63) is 59.1 Å². The molecule has 0 fully saturated rings. The molecule has 1 N–H and O–H groups in total. The van der Waals surface area contributed by atoms with Crippen molar-refractivity contribution in [2.24, 2.45) is 0 Å². The van der Waals surface area contributed by atoms with Crippen LogP contribution in [0.25, 0.3) is 0 Å². The lowest BCUT2D eigenvalue weighted by Gasteiger charge is -2.16. The highest BCUT2D eigenvalue weighted by Gasteiger charge is 2.07. The molecule has 0 radical (unpaired) electrons. The van der Waals surface area contributed by atoms with Gasteiger partial charge in [0.1, 0.15) is 5.82 Å². The van der Waals surface area contributed by atoms with Gasteiger partial charge in [-0.1, -0.05) is 23.7 Å². The molecule has 2 aromatic rings. The van der Waals surface area contributed by atoms with E-state index in [-0.39, 0.29) is 11.9 Å². The Kier molecular flexibility index (Phi) is 3.59. The molecule has 1 heterocycles. The molecule has 0 bridgehead atoms. The Bertz CT molecular complexity index is 499. The summed E-state index contributed by atoms with van der Waals surface area (Å²) < 4.78 is 12.8. The number of nitrogens with one attached hydrogen (secondary N) is 1. The second-order valence-corrected chi connectivity index (χ2v) is 4.12. The lowest BCUT2D eigenvalue weighted by molar-refractivity contribution is 0.626. The molecule has 0 spiro atoms. The Morgan fingerprint density at radius 2 is 1.94 bits per heavy atom. The average molecular weight is 251 g/mol. The number of anilines is 1. The quantitative estimate of drug-likeness (QED) is 0.832. The average Bonchev–Trinajstić information content (AvgIpc) is 2.33. The Morgan fingerprint density at radius 3 is 2.59 bits per heavy atom. The topological polar surface area (TPSA) is 24.9 Å². The van der Waals surface area contributed by atoms with E-state index >= 15 is 0 Å². The third-order valence-corrected chi connectivity index (χ3v) is 2.80. The maximum atomic E-state index is 12.8. The van der Waals surface area contributed by atoms with Crippen molar-refractivity contribution in [3.63, 3.8) is 0 Å². The Hall–Kier alpha value is -1.61. The zero-order valence-corrected chi connectivity index (χ0v) is 10.1. The first-order valence-electron chi connectivity index (χ1n) is 5.29. The number of rotatable bonds is 3. The summed E-state index contributed by atoms with van der Waals surface area (Å²) in [5.74, 6) is -0.236. The molecule has 2 nitrogen and oxygen atoms in total. The Balaban J connectivity index is 2.14. The van der Waals surface area contributed by atoms with Crippen LogP contribution >= 0.6 is 11.6 Å². The lowest BCUT2D eigenvalue weighted by Crippen LogP contribution is -2.07. The smallest absolute Gasteiger partial charge is 0.152 e. The van der Waals surface area contributed by atoms with Gasteiger partial charge in [-0.15, -0.1) is 0 Å². The van der Waals surface area contributed by atoms with Crippen molar-refractivity contribution in [2.75, 3.05) is 5.32 Å². The highest BCUT2D eigenvalue weighted by molar-refractivity contribution is 6.31. The minimum absolute atomic E-state index is 0.0392. The van der Waals surface area contributed by atoms with Gasteiger partial charge >= 0.3 is 0 Å². The van der Waals surface area contributed by atoms with E-state index in [1.165, 1.54) is 12.1 Å². The molecule has 0 saturated heterocycles. The number of halogens is 2. The number of hydrogen-bond acceptors (Lipinski definition) is 2. The molecule has 0 aliphatic heterocycles. The second-order valence-electron chi connectivity index (χ2n) is 3.76. The summed E-state index contributed by atoms with van der Waals surface area (Å²) in [6.45, 7) is 1.98.